The highest BCUT2D eigenvalue weighted by Gasteiger charge is 2.25. The van der Waals surface area contributed by atoms with Crippen molar-refractivity contribution in [3.8, 4) is 5.75 Å². The number of nitrogens with zero attached hydrogens (tertiary/aromatic N) is 1. The van der Waals surface area contributed by atoms with E-state index in [9.17, 15) is 14.3 Å². The van der Waals surface area contributed by atoms with Crippen LogP contribution in [-0.4, -0.2) is 35.2 Å². The normalized spacial score (nSPS) is 23.2. The molecule has 1 aliphatic heterocycles. The Morgan fingerprint density at radius 2 is 1.81 bits per heavy atom. The molecule has 2 aliphatic rings. The van der Waals surface area contributed by atoms with Gasteiger partial charge < -0.3 is 9.84 Å². The summed E-state index contributed by atoms with van der Waals surface area (Å²) in [6, 6.07) is 10.2. The molecule has 1 saturated heterocycles. The molecule has 0 spiro atoms. The second-order valence-corrected chi connectivity index (χ2v) is 9.29. The van der Waals surface area contributed by atoms with Gasteiger partial charge in [-0.15, -0.1) is 0 Å². The van der Waals surface area contributed by atoms with E-state index in [2.05, 4.69) is 30.0 Å². The van der Waals surface area contributed by atoms with Gasteiger partial charge in [0.15, 0.2) is 0 Å². The second-order valence-electron chi connectivity index (χ2n) is 9.29. The maximum Gasteiger partial charge on any atom is 0.306 e. The molecule has 0 atom stereocenters. The molecule has 1 N–H and O–H groups in total. The van der Waals surface area contributed by atoms with E-state index in [4.69, 9.17) is 4.74 Å². The molecule has 5 heteroatoms. The highest BCUT2D eigenvalue weighted by Crippen LogP contribution is 2.34. The molecule has 2 fully saturated rings. The highest BCUT2D eigenvalue weighted by atomic mass is 19.1. The minimum Gasteiger partial charge on any atom is -0.490 e. The van der Waals surface area contributed by atoms with Gasteiger partial charge in [-0.25, -0.2) is 4.39 Å². The van der Waals surface area contributed by atoms with Crippen molar-refractivity contribution in [3.05, 3.63) is 41.5 Å². The molecule has 0 unspecified atom stereocenters. The molecule has 1 heterocycles. The van der Waals surface area contributed by atoms with Crippen molar-refractivity contribution in [1.82, 2.24) is 4.90 Å². The number of carboxylic acids is 1. The van der Waals surface area contributed by atoms with Gasteiger partial charge in [0, 0.05) is 12.1 Å². The number of fused-ring (bicyclic) bond motifs is 1. The Bertz CT molecular complexity index is 899. The summed E-state index contributed by atoms with van der Waals surface area (Å²) in [4.78, 5) is 13.5. The van der Waals surface area contributed by atoms with Gasteiger partial charge in [0.1, 0.15) is 12.4 Å². The van der Waals surface area contributed by atoms with Gasteiger partial charge >= 0.3 is 5.97 Å². The number of halogens is 1. The Kier molecular flexibility index (Phi) is 7.11. The van der Waals surface area contributed by atoms with Crippen molar-refractivity contribution in [1.29, 1.82) is 0 Å². The zero-order chi connectivity index (χ0) is 21.8. The third kappa shape index (κ3) is 5.20. The van der Waals surface area contributed by atoms with E-state index >= 15 is 0 Å². The van der Waals surface area contributed by atoms with Gasteiger partial charge in [0.25, 0.3) is 0 Å². The average Bonchev–Trinajstić information content (AvgIpc) is 2.80. The van der Waals surface area contributed by atoms with Crippen molar-refractivity contribution in [3.63, 3.8) is 0 Å². The summed E-state index contributed by atoms with van der Waals surface area (Å²) in [5, 5.41) is 11.2. The Balaban J connectivity index is 1.48. The van der Waals surface area contributed by atoms with Crippen LogP contribution < -0.4 is 4.74 Å². The van der Waals surface area contributed by atoms with Crippen molar-refractivity contribution >= 4 is 16.7 Å². The van der Waals surface area contributed by atoms with Gasteiger partial charge in [-0.2, -0.15) is 0 Å². The fraction of sp³-hybridized carbons (Fsp3) is 0.577. The third-order valence-corrected chi connectivity index (χ3v) is 7.30. The van der Waals surface area contributed by atoms with Crippen molar-refractivity contribution in [2.24, 2.45) is 11.8 Å². The Hall–Kier alpha value is -2.14. The van der Waals surface area contributed by atoms with Crippen LogP contribution in [0.1, 0.15) is 63.0 Å². The summed E-state index contributed by atoms with van der Waals surface area (Å²) in [6.07, 6.45) is 7.29. The minimum atomic E-state index is -0.686. The quantitative estimate of drug-likeness (QED) is 0.593. The van der Waals surface area contributed by atoms with Crippen LogP contribution in [0.2, 0.25) is 0 Å². The predicted molar refractivity (Wildman–Crippen MR) is 121 cm³/mol. The largest absolute Gasteiger partial charge is 0.490 e. The van der Waals surface area contributed by atoms with Crippen LogP contribution in [0.3, 0.4) is 0 Å². The third-order valence-electron chi connectivity index (χ3n) is 7.30. The number of hydrogen-bond donors (Lipinski definition) is 1. The summed E-state index contributed by atoms with van der Waals surface area (Å²) in [5.74, 6) is 0.585. The summed E-state index contributed by atoms with van der Waals surface area (Å²) in [6.45, 7) is 4.05. The molecule has 168 valence electrons. The van der Waals surface area contributed by atoms with E-state index in [0.717, 1.165) is 54.7 Å². The maximum absolute atomic E-state index is 14.1. The number of aliphatic carboxylic acids is 1. The summed E-state index contributed by atoms with van der Waals surface area (Å²) in [5.41, 5.74) is 1.79. The first kappa shape index (κ1) is 22.1. The predicted octanol–water partition coefficient (Wildman–Crippen LogP) is 5.95. The van der Waals surface area contributed by atoms with Gasteiger partial charge in [0.2, 0.25) is 0 Å². The Morgan fingerprint density at radius 1 is 1.10 bits per heavy atom. The standard InChI is InChI=1S/C26H34FNO3/c1-2-18-4-8-22(9-5-18)31-25-10-7-20-6-3-19(15-23(20)24(25)16-27)17-28-13-11-21(12-14-28)26(29)30/h3,6-7,10,15,18,21-22H,2,4-5,8-9,11-14,16-17H2,1H3,(H,29,30)/t18-,22+. The number of ether oxygens (including phenoxy) is 1. The summed E-state index contributed by atoms with van der Waals surface area (Å²) in [7, 11) is 0. The number of benzene rings is 2. The SMILES string of the molecule is CC[C@H]1CC[C@@H](Oc2ccc3ccc(CN4CCC(C(=O)O)CC4)cc3c2CF)CC1. The number of alkyl halides is 1. The van der Waals surface area contributed by atoms with Gasteiger partial charge in [-0.3, -0.25) is 9.69 Å². The van der Waals surface area contributed by atoms with Gasteiger partial charge in [0.05, 0.1) is 12.0 Å². The van der Waals surface area contributed by atoms with Gasteiger partial charge in [-0.1, -0.05) is 31.5 Å². The molecule has 4 rings (SSSR count). The number of piperidine rings is 1. The van der Waals surface area contributed by atoms with Crippen LogP contribution in [0.15, 0.2) is 30.3 Å². The molecule has 0 radical (unpaired) electrons. The number of carbonyl (C=O) groups is 1. The number of carboxylic acid groups (broad SMARTS) is 1. The smallest absolute Gasteiger partial charge is 0.306 e. The lowest BCUT2D eigenvalue weighted by atomic mass is 9.86. The minimum absolute atomic E-state index is 0.185. The first-order valence-electron chi connectivity index (χ1n) is 11.8. The Labute approximate surface area is 184 Å². The van der Waals surface area contributed by atoms with Crippen LogP contribution in [0.4, 0.5) is 4.39 Å². The van der Waals surface area contributed by atoms with Crippen molar-refractivity contribution in [2.75, 3.05) is 13.1 Å². The summed E-state index contributed by atoms with van der Waals surface area (Å²) >= 11 is 0. The number of hydrogen-bond acceptors (Lipinski definition) is 3. The molecule has 0 bridgehead atoms. The second kappa shape index (κ2) is 9.99. The fourth-order valence-corrected chi connectivity index (χ4v) is 5.19. The molecule has 1 saturated carbocycles. The molecule has 0 aromatic heterocycles. The first-order chi connectivity index (χ1) is 15.1. The molecule has 1 aliphatic carbocycles. The fourth-order valence-electron chi connectivity index (χ4n) is 5.19. The van der Waals surface area contributed by atoms with E-state index < -0.39 is 12.6 Å². The van der Waals surface area contributed by atoms with Crippen molar-refractivity contribution < 1.29 is 19.0 Å². The lowest BCUT2D eigenvalue weighted by Gasteiger charge is -2.30. The average molecular weight is 428 g/mol. The highest BCUT2D eigenvalue weighted by molar-refractivity contribution is 5.88. The summed E-state index contributed by atoms with van der Waals surface area (Å²) < 4.78 is 20.4. The Morgan fingerprint density at radius 3 is 2.45 bits per heavy atom. The topological polar surface area (TPSA) is 49.8 Å². The monoisotopic (exact) mass is 427 g/mol. The van der Waals surface area contributed by atoms with Crippen LogP contribution in [0, 0.1) is 11.8 Å². The molecular formula is C26H34FNO3. The van der Waals surface area contributed by atoms with Crippen LogP contribution in [0.25, 0.3) is 10.8 Å². The van der Waals surface area contributed by atoms with E-state index in [1.165, 1.54) is 19.3 Å². The molecule has 31 heavy (non-hydrogen) atoms. The van der Waals surface area contributed by atoms with Gasteiger partial charge in [-0.05, 0) is 86.0 Å². The van der Waals surface area contributed by atoms with Crippen LogP contribution >= 0.6 is 0 Å². The van der Waals surface area contributed by atoms with E-state index in [1.807, 2.05) is 12.1 Å². The molecule has 2 aromatic carbocycles. The van der Waals surface area contributed by atoms with Crippen molar-refractivity contribution in [2.45, 2.75) is 71.2 Å². The molecular weight excluding hydrogens is 393 g/mol. The van der Waals surface area contributed by atoms with Crippen LogP contribution in [0.5, 0.6) is 5.75 Å². The number of likely N-dealkylation sites (tertiary alicyclic amines) is 1. The lowest BCUT2D eigenvalue weighted by Crippen LogP contribution is -2.35. The maximum atomic E-state index is 14.1. The van der Waals surface area contributed by atoms with E-state index in [0.29, 0.717) is 24.2 Å². The lowest BCUT2D eigenvalue weighted by molar-refractivity contribution is -0.143. The zero-order valence-electron chi connectivity index (χ0n) is 18.5. The van der Waals surface area contributed by atoms with Crippen LogP contribution in [-0.2, 0) is 18.0 Å². The van der Waals surface area contributed by atoms with E-state index in [-0.39, 0.29) is 12.0 Å². The molecule has 2 aromatic rings. The van der Waals surface area contributed by atoms with E-state index in [1.54, 1.807) is 0 Å². The first-order valence-corrected chi connectivity index (χ1v) is 11.8. The molecule has 0 amide bonds. The zero-order valence-corrected chi connectivity index (χ0v) is 18.5. The number of rotatable bonds is 7. The molecule has 4 nitrogen and oxygen atoms in total.